The molecule has 0 aliphatic carbocycles. The van der Waals surface area contributed by atoms with E-state index in [-0.39, 0.29) is 0 Å². The number of hydrogen-bond acceptors (Lipinski definition) is 5. The van der Waals surface area contributed by atoms with E-state index < -0.39 is 23.7 Å². The van der Waals surface area contributed by atoms with Crippen LogP contribution in [0.2, 0.25) is 0 Å². The van der Waals surface area contributed by atoms with Gasteiger partial charge in [-0.1, -0.05) is 0 Å². The van der Waals surface area contributed by atoms with Crippen LogP contribution < -0.4 is 0 Å². The minimum absolute atomic E-state index is 0.629. The Kier molecular flexibility index (Phi) is 4.17. The molecular formula is CH6O8P3+. The van der Waals surface area contributed by atoms with Crippen LogP contribution in [-0.4, -0.2) is 21.3 Å². The van der Waals surface area contributed by atoms with Crippen molar-refractivity contribution >= 4 is 23.7 Å². The molecule has 0 radical (unpaired) electrons. The zero-order valence-electron chi connectivity index (χ0n) is 5.72. The molecule has 11 heteroatoms. The Bertz CT molecular complexity index is 261. The average molecular weight is 239 g/mol. The Labute approximate surface area is 68.2 Å². The van der Waals surface area contributed by atoms with E-state index in [0.29, 0.717) is 6.66 Å². The second-order valence-corrected chi connectivity index (χ2v) is 6.00. The van der Waals surface area contributed by atoms with Crippen molar-refractivity contribution in [2.75, 3.05) is 6.66 Å². The standard InChI is InChI=1S/CH5O8P3/c1-11(4,5)9-12(6,7)8-10(2)3/h1H3,(H2-,2,3,4,5,6,7)/p+1. The maximum Gasteiger partial charge on any atom is 0.705 e. The first-order valence-corrected chi connectivity index (χ1v) is 6.98. The minimum atomic E-state index is -4.92. The van der Waals surface area contributed by atoms with Gasteiger partial charge >= 0.3 is 23.7 Å². The van der Waals surface area contributed by atoms with Gasteiger partial charge in [-0.2, -0.15) is 0 Å². The van der Waals surface area contributed by atoms with Crippen LogP contribution >= 0.6 is 23.7 Å². The average Bonchev–Trinajstić information content (AvgIpc) is 1.48. The summed E-state index contributed by atoms with van der Waals surface area (Å²) in [5.74, 6) is 0. The second-order valence-electron chi connectivity index (χ2n) is 1.67. The normalized spacial score (nSPS) is 22.5. The Morgan fingerprint density at radius 1 is 1.33 bits per heavy atom. The van der Waals surface area contributed by atoms with E-state index in [1.165, 1.54) is 0 Å². The summed E-state index contributed by atoms with van der Waals surface area (Å²) in [6.07, 6.45) is 0. The smallest absolute Gasteiger partial charge is 0.324 e. The molecule has 3 N–H and O–H groups in total. The highest BCUT2D eigenvalue weighted by Crippen LogP contribution is 2.61. The van der Waals surface area contributed by atoms with Crippen LogP contribution in [0.4, 0.5) is 0 Å². The molecule has 12 heavy (non-hydrogen) atoms. The van der Waals surface area contributed by atoms with Crippen molar-refractivity contribution in [1.82, 2.24) is 0 Å². The van der Waals surface area contributed by atoms with E-state index >= 15 is 0 Å². The van der Waals surface area contributed by atoms with Gasteiger partial charge in [0.1, 0.15) is 0 Å². The quantitative estimate of drug-likeness (QED) is 0.607. The summed E-state index contributed by atoms with van der Waals surface area (Å²) in [6, 6.07) is 0. The van der Waals surface area contributed by atoms with Crippen LogP contribution in [0, 0.1) is 0 Å². The zero-order valence-corrected chi connectivity index (χ0v) is 8.41. The van der Waals surface area contributed by atoms with E-state index in [2.05, 4.69) is 8.62 Å². The summed E-state index contributed by atoms with van der Waals surface area (Å²) < 4.78 is 37.7. The van der Waals surface area contributed by atoms with Gasteiger partial charge in [0, 0.05) is 11.2 Å². The lowest BCUT2D eigenvalue weighted by atomic mass is 12.0. The van der Waals surface area contributed by atoms with Crippen LogP contribution in [0.5, 0.6) is 0 Å². The van der Waals surface area contributed by atoms with Gasteiger partial charge in [0.15, 0.2) is 0 Å². The molecule has 0 aliphatic rings. The lowest BCUT2D eigenvalue weighted by Gasteiger charge is -2.06. The van der Waals surface area contributed by atoms with Crippen LogP contribution in [0.15, 0.2) is 0 Å². The molecule has 0 amide bonds. The molecule has 0 aromatic rings. The van der Waals surface area contributed by atoms with Gasteiger partial charge in [-0.3, -0.25) is 9.46 Å². The Hall–Kier alpha value is 0.360. The van der Waals surface area contributed by atoms with E-state index in [9.17, 15) is 13.7 Å². The fourth-order valence-electron chi connectivity index (χ4n) is 0.295. The predicted molar refractivity (Wildman–Crippen MR) is 37.6 cm³/mol. The summed E-state index contributed by atoms with van der Waals surface area (Å²) in [7, 11) is -12.5. The predicted octanol–water partition coefficient (Wildman–Crippen LogP) is 0.585. The molecule has 0 rings (SSSR count). The monoisotopic (exact) mass is 239 g/mol. The van der Waals surface area contributed by atoms with Crippen LogP contribution in [0.3, 0.4) is 0 Å². The van der Waals surface area contributed by atoms with Crippen molar-refractivity contribution in [3.05, 3.63) is 0 Å². The summed E-state index contributed by atoms with van der Waals surface area (Å²) in [5.41, 5.74) is 0. The van der Waals surface area contributed by atoms with E-state index in [1.54, 1.807) is 0 Å². The molecule has 3 unspecified atom stereocenters. The highest BCUT2D eigenvalue weighted by atomic mass is 31.3. The van der Waals surface area contributed by atoms with Crippen molar-refractivity contribution in [2.24, 2.45) is 0 Å². The van der Waals surface area contributed by atoms with E-state index in [1.807, 2.05) is 0 Å². The van der Waals surface area contributed by atoms with Gasteiger partial charge in [-0.25, -0.2) is 8.88 Å². The highest BCUT2D eigenvalue weighted by Gasteiger charge is 2.39. The third kappa shape index (κ3) is 7.03. The van der Waals surface area contributed by atoms with Crippen molar-refractivity contribution in [2.45, 2.75) is 0 Å². The number of rotatable bonds is 4. The van der Waals surface area contributed by atoms with Gasteiger partial charge in [0.2, 0.25) is 0 Å². The SMILES string of the molecule is CP(=O)(O)OP(=O)(O)O[P+](=O)O. The molecule has 0 aromatic carbocycles. The Balaban J connectivity index is 4.35. The van der Waals surface area contributed by atoms with Gasteiger partial charge < -0.3 is 4.89 Å². The number of hydrogen-bond donors (Lipinski definition) is 3. The van der Waals surface area contributed by atoms with Crippen molar-refractivity contribution in [3.8, 4) is 0 Å². The molecule has 0 bridgehead atoms. The maximum absolute atomic E-state index is 10.5. The lowest BCUT2D eigenvalue weighted by Crippen LogP contribution is -1.87. The first-order valence-electron chi connectivity index (χ1n) is 2.33. The van der Waals surface area contributed by atoms with Crippen LogP contribution in [0.1, 0.15) is 0 Å². The summed E-state index contributed by atoms with van der Waals surface area (Å²) in [4.78, 5) is 24.9. The molecule has 0 saturated carbocycles. The van der Waals surface area contributed by atoms with Crippen molar-refractivity contribution in [3.63, 3.8) is 0 Å². The third-order valence-electron chi connectivity index (χ3n) is 0.428. The molecule has 3 atom stereocenters. The first kappa shape index (κ1) is 12.4. The van der Waals surface area contributed by atoms with Gasteiger partial charge in [-0.05, 0) is 4.31 Å². The minimum Gasteiger partial charge on any atom is -0.324 e. The molecule has 8 nitrogen and oxygen atoms in total. The Morgan fingerprint density at radius 3 is 2.00 bits per heavy atom. The second kappa shape index (κ2) is 4.05. The summed E-state index contributed by atoms with van der Waals surface area (Å²) >= 11 is 0. The van der Waals surface area contributed by atoms with E-state index in [4.69, 9.17) is 14.7 Å². The fourth-order valence-corrected chi connectivity index (χ4v) is 2.92. The van der Waals surface area contributed by atoms with Gasteiger partial charge in [-0.15, -0.1) is 4.89 Å². The molecule has 0 spiro atoms. The van der Waals surface area contributed by atoms with Crippen molar-refractivity contribution in [1.29, 1.82) is 0 Å². The van der Waals surface area contributed by atoms with Gasteiger partial charge in [0.05, 0.1) is 0 Å². The first-order chi connectivity index (χ1) is 5.12. The molecule has 0 saturated heterocycles. The lowest BCUT2D eigenvalue weighted by molar-refractivity contribution is 0.265. The molecule has 0 aromatic heterocycles. The molecule has 0 heterocycles. The highest BCUT2D eigenvalue weighted by molar-refractivity contribution is 7.66. The Morgan fingerprint density at radius 2 is 1.75 bits per heavy atom. The number of phosphoric acid groups is 1. The van der Waals surface area contributed by atoms with E-state index in [0.717, 1.165) is 0 Å². The molecule has 0 fully saturated rings. The van der Waals surface area contributed by atoms with Crippen LogP contribution in [-0.2, 0) is 22.3 Å². The van der Waals surface area contributed by atoms with Crippen molar-refractivity contribution < 1.29 is 37.0 Å². The molecular weight excluding hydrogens is 233 g/mol. The van der Waals surface area contributed by atoms with Crippen LogP contribution in [0.25, 0.3) is 0 Å². The zero-order chi connectivity index (χ0) is 9.99. The maximum atomic E-state index is 10.5. The summed E-state index contributed by atoms with van der Waals surface area (Å²) in [5, 5.41) is 0. The third-order valence-corrected chi connectivity index (χ3v) is 3.85. The fraction of sp³-hybridized carbons (Fsp3) is 1.00. The van der Waals surface area contributed by atoms with Gasteiger partial charge in [0.25, 0.3) is 0 Å². The largest absolute Gasteiger partial charge is 0.705 e. The summed E-state index contributed by atoms with van der Waals surface area (Å²) in [6.45, 7) is 0.629. The topological polar surface area (TPSA) is 130 Å². The molecule has 72 valence electrons. The molecule has 0 aliphatic heterocycles.